The van der Waals surface area contributed by atoms with Crippen LogP contribution in [0.2, 0.25) is 0 Å². The lowest BCUT2D eigenvalue weighted by Crippen LogP contribution is -2.41. The number of unbranched alkanes of at least 4 members (excludes halogenated alkanes) is 14. The Hall–Kier alpha value is -3.67. The second-order valence-electron chi connectivity index (χ2n) is 15.2. The number of primary amides is 1. The summed E-state index contributed by atoms with van der Waals surface area (Å²) in [4.78, 5) is 81.9. The van der Waals surface area contributed by atoms with Crippen LogP contribution in [0.25, 0.3) is 0 Å². The quantitative estimate of drug-likeness (QED) is 0.0448. The Morgan fingerprint density at radius 1 is 0.517 bits per heavy atom. The zero-order valence-corrected chi connectivity index (χ0v) is 36.5. The number of amides is 4. The zero-order chi connectivity index (χ0) is 44.5. The van der Waals surface area contributed by atoms with Crippen molar-refractivity contribution >= 4 is 41.4 Å². The minimum Gasteiger partial charge on any atom is -0.481 e. The summed E-state index contributed by atoms with van der Waals surface area (Å²) >= 11 is 0. The lowest BCUT2D eigenvalue weighted by atomic mass is 9.96. The van der Waals surface area contributed by atoms with Gasteiger partial charge in [0.05, 0.1) is 33.0 Å². The molecule has 0 saturated carbocycles. The van der Waals surface area contributed by atoms with Crippen LogP contribution >= 0.6 is 0 Å². The van der Waals surface area contributed by atoms with E-state index in [9.17, 15) is 38.7 Å². The molecular formula is C43H80N4O13. The van der Waals surface area contributed by atoms with Gasteiger partial charge in [-0.1, -0.05) is 96.8 Å². The predicted octanol–water partition coefficient (Wildman–Crippen LogP) is 4.85. The molecule has 0 aliphatic rings. The molecule has 0 aliphatic carbocycles. The van der Waals surface area contributed by atoms with Gasteiger partial charge in [-0.25, -0.2) is 4.79 Å². The van der Waals surface area contributed by atoms with Crippen LogP contribution in [0.1, 0.15) is 156 Å². The van der Waals surface area contributed by atoms with Gasteiger partial charge in [-0.15, -0.1) is 0 Å². The highest BCUT2D eigenvalue weighted by Crippen LogP contribution is 2.15. The lowest BCUT2D eigenvalue weighted by molar-refractivity contribution is -0.142. The molecule has 0 aromatic carbocycles. The number of nitrogens with two attached hydrogens (primary N) is 1. The van der Waals surface area contributed by atoms with Gasteiger partial charge >= 0.3 is 11.9 Å². The fraction of sp³-hybridized carbons (Fsp3) is 0.837. The molecule has 350 valence electrons. The molecule has 0 aromatic heterocycles. The van der Waals surface area contributed by atoms with Crippen molar-refractivity contribution in [1.82, 2.24) is 16.0 Å². The van der Waals surface area contributed by atoms with E-state index in [1.807, 2.05) is 6.92 Å². The fourth-order valence-electron chi connectivity index (χ4n) is 6.32. The SMILES string of the molecule is CCC[C@@H](CCCCNC(=O)COCCOCCNC(=O)COCCOCC(=O)CC[C@H](NC(=O)CCCCCCCCCCCCCCCCC(=O)O)C(=O)O)C(N)=O.[HH]. The molecule has 2 atom stereocenters. The Balaban J connectivity index is 0. The fourth-order valence-corrected chi connectivity index (χ4v) is 6.32. The molecule has 0 saturated heterocycles. The van der Waals surface area contributed by atoms with Crippen molar-refractivity contribution in [2.75, 3.05) is 65.9 Å². The van der Waals surface area contributed by atoms with Gasteiger partial charge < -0.3 is 50.8 Å². The molecule has 17 nitrogen and oxygen atoms in total. The molecule has 0 fully saturated rings. The second kappa shape index (κ2) is 40.7. The van der Waals surface area contributed by atoms with Crippen LogP contribution in [0, 0.1) is 5.92 Å². The molecule has 0 heterocycles. The molecule has 0 aromatic rings. The van der Waals surface area contributed by atoms with Crippen molar-refractivity contribution in [3.63, 3.8) is 0 Å². The zero-order valence-electron chi connectivity index (χ0n) is 36.5. The smallest absolute Gasteiger partial charge is 0.326 e. The summed E-state index contributed by atoms with van der Waals surface area (Å²) in [5, 5.41) is 26.1. The Morgan fingerprint density at radius 2 is 1.00 bits per heavy atom. The predicted molar refractivity (Wildman–Crippen MR) is 228 cm³/mol. The van der Waals surface area contributed by atoms with Crippen LogP contribution in [-0.2, 0) is 52.5 Å². The number of hydrogen-bond acceptors (Lipinski definition) is 11. The first-order chi connectivity index (χ1) is 29.0. The number of carboxylic acids is 2. The molecule has 0 unspecified atom stereocenters. The van der Waals surface area contributed by atoms with Gasteiger partial charge in [0.25, 0.3) is 0 Å². The molecule has 0 rings (SSSR count). The Bertz CT molecular complexity index is 1180. The van der Waals surface area contributed by atoms with Crippen molar-refractivity contribution in [2.24, 2.45) is 11.7 Å². The molecule has 4 amide bonds. The van der Waals surface area contributed by atoms with E-state index in [1.54, 1.807) is 0 Å². The first-order valence-corrected chi connectivity index (χ1v) is 22.4. The maximum absolute atomic E-state index is 12.3. The van der Waals surface area contributed by atoms with Gasteiger partial charge in [0.2, 0.25) is 23.6 Å². The van der Waals surface area contributed by atoms with Gasteiger partial charge in [0.1, 0.15) is 25.9 Å². The molecule has 0 radical (unpaired) electrons. The van der Waals surface area contributed by atoms with Crippen LogP contribution in [0.5, 0.6) is 0 Å². The van der Waals surface area contributed by atoms with Gasteiger partial charge in [0, 0.05) is 39.7 Å². The monoisotopic (exact) mass is 861 g/mol. The van der Waals surface area contributed by atoms with Crippen molar-refractivity contribution < 1.29 is 64.1 Å². The molecule has 60 heavy (non-hydrogen) atoms. The van der Waals surface area contributed by atoms with E-state index in [2.05, 4.69) is 16.0 Å². The molecular weight excluding hydrogens is 780 g/mol. The van der Waals surface area contributed by atoms with Crippen LogP contribution in [0.15, 0.2) is 0 Å². The number of ketones is 1. The Morgan fingerprint density at radius 3 is 1.50 bits per heavy atom. The van der Waals surface area contributed by atoms with Crippen LogP contribution < -0.4 is 21.7 Å². The second-order valence-corrected chi connectivity index (χ2v) is 15.2. The van der Waals surface area contributed by atoms with Crippen molar-refractivity contribution in [1.29, 1.82) is 0 Å². The highest BCUT2D eigenvalue weighted by atomic mass is 16.5. The van der Waals surface area contributed by atoms with Crippen LogP contribution in [-0.4, -0.2) is 124 Å². The first-order valence-electron chi connectivity index (χ1n) is 22.4. The number of carbonyl (C=O) groups is 7. The van der Waals surface area contributed by atoms with Crippen LogP contribution in [0.3, 0.4) is 0 Å². The van der Waals surface area contributed by atoms with E-state index in [0.29, 0.717) is 13.0 Å². The lowest BCUT2D eigenvalue weighted by Gasteiger charge is -2.14. The van der Waals surface area contributed by atoms with Gasteiger partial charge in [-0.2, -0.15) is 0 Å². The average Bonchev–Trinajstić information content (AvgIpc) is 3.20. The van der Waals surface area contributed by atoms with E-state index in [-0.39, 0.29) is 122 Å². The summed E-state index contributed by atoms with van der Waals surface area (Å²) < 4.78 is 21.2. The largest absolute Gasteiger partial charge is 0.481 e. The molecule has 7 N–H and O–H groups in total. The average molecular weight is 861 g/mol. The minimum atomic E-state index is -1.19. The molecule has 0 aliphatic heterocycles. The minimum absolute atomic E-state index is 0. The number of ether oxygens (including phenoxy) is 4. The maximum Gasteiger partial charge on any atom is 0.326 e. The van der Waals surface area contributed by atoms with Gasteiger partial charge in [-0.3, -0.25) is 28.8 Å². The van der Waals surface area contributed by atoms with E-state index in [4.69, 9.17) is 29.8 Å². The van der Waals surface area contributed by atoms with Crippen molar-refractivity contribution in [3.8, 4) is 0 Å². The Labute approximate surface area is 359 Å². The van der Waals surface area contributed by atoms with Crippen molar-refractivity contribution in [3.05, 3.63) is 0 Å². The number of nitrogens with one attached hydrogen (secondary N) is 3. The summed E-state index contributed by atoms with van der Waals surface area (Å²) in [6.45, 7) is 3.08. The van der Waals surface area contributed by atoms with E-state index >= 15 is 0 Å². The molecule has 0 bridgehead atoms. The maximum atomic E-state index is 12.3. The summed E-state index contributed by atoms with van der Waals surface area (Å²) in [6.07, 6.45) is 19.4. The highest BCUT2D eigenvalue weighted by molar-refractivity contribution is 5.85. The third-order valence-electron chi connectivity index (χ3n) is 9.77. The van der Waals surface area contributed by atoms with E-state index in [1.165, 1.54) is 38.5 Å². The van der Waals surface area contributed by atoms with E-state index < -0.39 is 18.0 Å². The van der Waals surface area contributed by atoms with Crippen molar-refractivity contribution in [2.45, 2.75) is 161 Å². The van der Waals surface area contributed by atoms with Crippen LogP contribution in [0.4, 0.5) is 0 Å². The number of aliphatic carboxylic acids is 2. The molecule has 0 spiro atoms. The molecule has 17 heteroatoms. The summed E-state index contributed by atoms with van der Waals surface area (Å²) in [5.41, 5.74) is 5.41. The third-order valence-corrected chi connectivity index (χ3v) is 9.77. The normalized spacial score (nSPS) is 12.1. The standard InChI is InChI=1S/C43H78N4O13.H2/c1-2-19-35(42(44)54)20-17-18-25-45-39(50)33-59-29-28-57-27-26-46-40(51)34-60-31-30-58-32-36(48)23-24-37(43(55)56)47-38(49)21-15-13-11-9-7-5-3-4-6-8-10-12-14-16-22-41(52)53;/h35,37H,2-34H2,1H3,(H2,44,54)(H,45,50)(H,46,51)(H,47,49)(H,52,53)(H,55,56);1H/t35-,37-;/m0./s1. The summed E-state index contributed by atoms with van der Waals surface area (Å²) in [7, 11) is 0. The highest BCUT2D eigenvalue weighted by Gasteiger charge is 2.21. The number of carboxylic acid groups (broad SMARTS) is 2. The third kappa shape index (κ3) is 38.5. The number of rotatable bonds is 45. The number of Topliss-reactive ketones (excluding diaryl/α,β-unsaturated/α-hetero) is 1. The topological polar surface area (TPSA) is 259 Å². The number of hydrogen-bond donors (Lipinski definition) is 6. The Kier molecular flexibility index (Phi) is 38.2. The summed E-state index contributed by atoms with van der Waals surface area (Å²) in [5.74, 6) is -3.53. The number of carbonyl (C=O) groups excluding carboxylic acids is 5. The van der Waals surface area contributed by atoms with Gasteiger partial charge in [-0.05, 0) is 38.5 Å². The van der Waals surface area contributed by atoms with E-state index in [0.717, 1.165) is 77.0 Å². The first kappa shape index (κ1) is 56.3. The summed E-state index contributed by atoms with van der Waals surface area (Å²) in [6, 6.07) is -1.15. The van der Waals surface area contributed by atoms with Gasteiger partial charge in [0.15, 0.2) is 5.78 Å².